The number of ether oxygens (including phenoxy) is 1. The zero-order chi connectivity index (χ0) is 26.4. The molecule has 3 atom stereocenters. The third-order valence-corrected chi connectivity index (χ3v) is 17.1. The zero-order valence-electron chi connectivity index (χ0n) is 23.1. The van der Waals surface area contributed by atoms with Crippen molar-refractivity contribution in [3.63, 3.8) is 0 Å². The van der Waals surface area contributed by atoms with Crippen molar-refractivity contribution in [1.82, 2.24) is 14.9 Å². The molecule has 0 radical (unpaired) electrons. The second kappa shape index (κ2) is 9.73. The van der Waals surface area contributed by atoms with E-state index < -0.39 is 28.6 Å². The molecule has 1 aromatic heterocycles. The maximum Gasteiger partial charge on any atom is 0.351 e. The van der Waals surface area contributed by atoms with Crippen molar-refractivity contribution in [2.45, 2.75) is 109 Å². The van der Waals surface area contributed by atoms with Crippen LogP contribution in [0.1, 0.15) is 59.8 Å². The minimum atomic E-state index is -2.09. The highest BCUT2D eigenvalue weighted by Crippen LogP contribution is 2.42. The molecule has 2 N–H and O–H groups in total. The monoisotopic (exact) mass is 524 g/mol. The predicted octanol–water partition coefficient (Wildman–Crippen LogP) is 4.62. The van der Waals surface area contributed by atoms with Crippen molar-refractivity contribution >= 4 is 28.5 Å². The van der Waals surface area contributed by atoms with Crippen LogP contribution in [0.5, 0.6) is 0 Å². The van der Waals surface area contributed by atoms with Crippen LogP contribution in [-0.2, 0) is 20.0 Å². The van der Waals surface area contributed by atoms with E-state index in [4.69, 9.17) is 13.6 Å². The first-order chi connectivity index (χ1) is 15.9. The number of anilines is 1. The average Bonchev–Trinajstić information content (AvgIpc) is 2.98. The fourth-order valence-corrected chi connectivity index (χ4v) is 6.05. The summed E-state index contributed by atoms with van der Waals surface area (Å²) in [7, 11) is -4.08. The lowest BCUT2D eigenvalue weighted by Gasteiger charge is -2.40. The van der Waals surface area contributed by atoms with Crippen LogP contribution in [0.2, 0.25) is 36.3 Å². The van der Waals surface area contributed by atoms with E-state index in [0.29, 0.717) is 31.8 Å². The molecule has 35 heavy (non-hydrogen) atoms. The molecule has 0 aromatic carbocycles. The molecule has 1 aromatic rings. The van der Waals surface area contributed by atoms with Gasteiger partial charge in [0.15, 0.2) is 16.6 Å². The highest BCUT2D eigenvalue weighted by molar-refractivity contribution is 6.74. The number of rotatable bonds is 6. The fourth-order valence-electron chi connectivity index (χ4n) is 3.68. The lowest BCUT2D eigenvalue weighted by Crippen LogP contribution is -2.48. The Bertz CT molecular complexity index is 997. The van der Waals surface area contributed by atoms with Crippen LogP contribution in [0.15, 0.2) is 11.0 Å². The van der Waals surface area contributed by atoms with Gasteiger partial charge in [0, 0.05) is 24.7 Å². The topological polar surface area (TPSA) is 104 Å². The Kier molecular flexibility index (Phi) is 7.80. The Balaban J connectivity index is 1.88. The third kappa shape index (κ3) is 6.24. The van der Waals surface area contributed by atoms with Crippen molar-refractivity contribution in [3.8, 4) is 0 Å². The summed E-state index contributed by atoms with van der Waals surface area (Å²) in [6, 6.07) is -0.351. The molecule has 0 bridgehead atoms. The number of hydrogen-bond acceptors (Lipinski definition) is 6. The van der Waals surface area contributed by atoms with E-state index >= 15 is 0 Å². The largest absolute Gasteiger partial charge is 0.414 e. The summed E-state index contributed by atoms with van der Waals surface area (Å²) in [6.45, 7) is 23.1. The van der Waals surface area contributed by atoms with Crippen LogP contribution in [0, 0.1) is 0 Å². The number of aromatic nitrogens is 2. The number of amides is 2. The van der Waals surface area contributed by atoms with Gasteiger partial charge in [0.2, 0.25) is 0 Å². The second-order valence-corrected chi connectivity index (χ2v) is 22.4. The van der Waals surface area contributed by atoms with Crippen LogP contribution in [0.4, 0.5) is 10.6 Å². The first-order valence-corrected chi connectivity index (χ1v) is 18.4. The molecule has 0 spiro atoms. The number of carbonyl (C=O) groups excluding carboxylic acids is 1. The Morgan fingerprint density at radius 3 is 2.31 bits per heavy atom. The number of nitrogens with one attached hydrogen (secondary N) is 2. The summed E-state index contributed by atoms with van der Waals surface area (Å²) in [4.78, 5) is 28.9. The fraction of sp³-hybridized carbons (Fsp3) is 0.792. The van der Waals surface area contributed by atoms with Crippen LogP contribution >= 0.6 is 0 Å². The number of hydrogen-bond donors (Lipinski definition) is 2. The van der Waals surface area contributed by atoms with Gasteiger partial charge in [-0.2, -0.15) is 4.98 Å². The van der Waals surface area contributed by atoms with Crippen molar-refractivity contribution in [1.29, 1.82) is 0 Å². The van der Waals surface area contributed by atoms with Gasteiger partial charge >= 0.3 is 11.7 Å². The quantitative estimate of drug-likeness (QED) is 0.526. The standard InChI is InChI=1S/C24H44N4O5Si2/c1-23(2,3)34(7,8)31-15-18-17(33-35(9,10)24(4,5)6)13-19(32-18)28-14-16-11-12-25-21(29)26-20(16)27-22(28)30/h14,17-19H,11-13,15H2,1-10H3,(H2,25,26,27,29,30)/t17-,18+,19+/m0/s1. The molecule has 11 heteroatoms. The van der Waals surface area contributed by atoms with Crippen LogP contribution in [0.25, 0.3) is 0 Å². The van der Waals surface area contributed by atoms with Gasteiger partial charge in [-0.3, -0.25) is 9.88 Å². The zero-order valence-corrected chi connectivity index (χ0v) is 25.1. The Hall–Kier alpha value is -1.54. The van der Waals surface area contributed by atoms with Crippen molar-refractivity contribution in [2.24, 2.45) is 0 Å². The van der Waals surface area contributed by atoms with Crippen molar-refractivity contribution in [3.05, 3.63) is 22.2 Å². The first-order valence-electron chi connectivity index (χ1n) is 12.6. The average molecular weight is 525 g/mol. The van der Waals surface area contributed by atoms with E-state index in [2.05, 4.69) is 83.3 Å². The third-order valence-electron chi connectivity index (χ3n) is 8.10. The summed E-state index contributed by atoms with van der Waals surface area (Å²) in [5, 5.41) is 5.51. The molecular weight excluding hydrogens is 480 g/mol. The lowest BCUT2D eigenvalue weighted by atomic mass is 10.2. The van der Waals surface area contributed by atoms with Gasteiger partial charge in [0.1, 0.15) is 18.1 Å². The predicted molar refractivity (Wildman–Crippen MR) is 143 cm³/mol. The van der Waals surface area contributed by atoms with E-state index in [0.717, 1.165) is 5.56 Å². The van der Waals surface area contributed by atoms with Gasteiger partial charge in [-0.05, 0) is 42.7 Å². The smallest absolute Gasteiger partial charge is 0.351 e. The molecule has 0 aliphatic carbocycles. The SMILES string of the molecule is CC(C)(C)[Si](C)(C)OC[C@H]1O[C@@H](n2cc3c(nc2=O)NC(=O)NCC3)C[C@@H]1O[Si](C)(C)C(C)(C)C. The molecule has 1 fully saturated rings. The number of carbonyl (C=O) groups is 1. The molecule has 2 aliphatic rings. The van der Waals surface area contributed by atoms with Gasteiger partial charge < -0.3 is 18.9 Å². The maximum atomic E-state index is 12.9. The molecule has 0 saturated carbocycles. The molecule has 1 saturated heterocycles. The van der Waals surface area contributed by atoms with E-state index in [9.17, 15) is 9.59 Å². The van der Waals surface area contributed by atoms with Crippen LogP contribution in [0.3, 0.4) is 0 Å². The molecule has 3 rings (SSSR count). The van der Waals surface area contributed by atoms with E-state index in [-0.39, 0.29) is 28.3 Å². The summed E-state index contributed by atoms with van der Waals surface area (Å²) in [6.07, 6.45) is 1.92. The van der Waals surface area contributed by atoms with Gasteiger partial charge in [0.05, 0.1) is 12.7 Å². The molecule has 9 nitrogen and oxygen atoms in total. The Morgan fingerprint density at radius 2 is 1.71 bits per heavy atom. The maximum absolute atomic E-state index is 12.9. The van der Waals surface area contributed by atoms with E-state index in [1.54, 1.807) is 10.8 Å². The molecule has 2 amide bonds. The van der Waals surface area contributed by atoms with Crippen LogP contribution in [-0.4, -0.2) is 57.6 Å². The summed E-state index contributed by atoms with van der Waals surface area (Å²) < 4.78 is 21.4. The Labute approximate surface area is 211 Å². The molecular formula is C24H44N4O5Si2. The number of fused-ring (bicyclic) bond motifs is 1. The van der Waals surface area contributed by atoms with Crippen molar-refractivity contribution in [2.75, 3.05) is 18.5 Å². The summed E-state index contributed by atoms with van der Waals surface area (Å²) in [5.41, 5.74) is 0.349. The van der Waals surface area contributed by atoms with Gasteiger partial charge in [-0.1, -0.05) is 41.5 Å². The minimum absolute atomic E-state index is 0.0452. The minimum Gasteiger partial charge on any atom is -0.414 e. The van der Waals surface area contributed by atoms with Gasteiger partial charge in [0.25, 0.3) is 0 Å². The highest BCUT2D eigenvalue weighted by atomic mass is 28.4. The normalized spacial score (nSPS) is 23.9. The lowest BCUT2D eigenvalue weighted by molar-refractivity contribution is -0.0412. The summed E-state index contributed by atoms with van der Waals surface area (Å²) in [5.74, 6) is 0.311. The summed E-state index contributed by atoms with van der Waals surface area (Å²) >= 11 is 0. The van der Waals surface area contributed by atoms with Gasteiger partial charge in [-0.25, -0.2) is 9.59 Å². The first kappa shape index (κ1) is 28.0. The van der Waals surface area contributed by atoms with Gasteiger partial charge in [-0.15, -0.1) is 0 Å². The second-order valence-electron chi connectivity index (χ2n) is 12.8. The van der Waals surface area contributed by atoms with Crippen molar-refractivity contribution < 1.29 is 18.4 Å². The number of nitrogens with zero attached hydrogens (tertiary/aromatic N) is 2. The molecule has 2 aliphatic heterocycles. The Morgan fingerprint density at radius 1 is 1.09 bits per heavy atom. The van der Waals surface area contributed by atoms with E-state index in [1.807, 2.05) is 0 Å². The van der Waals surface area contributed by atoms with E-state index in [1.165, 1.54) is 0 Å². The number of urea groups is 1. The highest BCUT2D eigenvalue weighted by Gasteiger charge is 2.46. The van der Waals surface area contributed by atoms with Crippen LogP contribution < -0.4 is 16.3 Å². The molecule has 0 unspecified atom stereocenters. The molecule has 3 heterocycles. The molecule has 198 valence electrons.